The summed E-state index contributed by atoms with van der Waals surface area (Å²) < 4.78 is 31.9. The van der Waals surface area contributed by atoms with Crippen molar-refractivity contribution in [3.8, 4) is 5.75 Å². The Kier molecular flexibility index (Phi) is 7.24. The van der Waals surface area contributed by atoms with Crippen molar-refractivity contribution in [1.29, 1.82) is 0 Å². The van der Waals surface area contributed by atoms with E-state index >= 15 is 0 Å². The standard InChI is InChI=1S/C19H23ClN2O4S/c1-4-22(5-2)27(24,25)15-10-11-17(20)16(12-15)19(23)21-13-14-8-6-7-9-18(14)26-3/h6-12H,4-5,13H2,1-3H3,(H,21,23). The summed E-state index contributed by atoms with van der Waals surface area (Å²) in [4.78, 5) is 12.6. The molecule has 1 N–H and O–H groups in total. The highest BCUT2D eigenvalue weighted by Gasteiger charge is 2.23. The topological polar surface area (TPSA) is 75.7 Å². The summed E-state index contributed by atoms with van der Waals surface area (Å²) in [5.41, 5.74) is 0.913. The minimum atomic E-state index is -3.68. The maximum atomic E-state index is 12.7. The first-order valence-corrected chi connectivity index (χ1v) is 10.4. The SMILES string of the molecule is CCN(CC)S(=O)(=O)c1ccc(Cl)c(C(=O)NCc2ccccc2OC)c1. The van der Waals surface area contributed by atoms with Crippen LogP contribution in [0.25, 0.3) is 0 Å². The van der Waals surface area contributed by atoms with Gasteiger partial charge in [-0.2, -0.15) is 4.31 Å². The molecule has 2 rings (SSSR count). The van der Waals surface area contributed by atoms with Crippen LogP contribution < -0.4 is 10.1 Å². The molecule has 0 spiro atoms. The molecule has 0 aliphatic rings. The number of ether oxygens (including phenoxy) is 1. The Morgan fingerprint density at radius 3 is 2.44 bits per heavy atom. The number of hydrogen-bond donors (Lipinski definition) is 1. The van der Waals surface area contributed by atoms with Gasteiger partial charge in [0.15, 0.2) is 0 Å². The van der Waals surface area contributed by atoms with Gasteiger partial charge in [0.05, 0.1) is 22.6 Å². The number of methoxy groups -OCH3 is 1. The molecule has 0 atom stereocenters. The normalized spacial score (nSPS) is 11.4. The second kappa shape index (κ2) is 9.21. The van der Waals surface area contributed by atoms with E-state index in [1.54, 1.807) is 27.0 Å². The fourth-order valence-electron chi connectivity index (χ4n) is 2.67. The molecule has 0 saturated carbocycles. The van der Waals surface area contributed by atoms with Gasteiger partial charge >= 0.3 is 0 Å². The third-order valence-corrected chi connectivity index (χ3v) is 6.53. The molecule has 8 heteroatoms. The van der Waals surface area contributed by atoms with Crippen molar-refractivity contribution >= 4 is 27.5 Å². The largest absolute Gasteiger partial charge is 0.496 e. The fraction of sp³-hybridized carbons (Fsp3) is 0.316. The quantitative estimate of drug-likeness (QED) is 0.724. The van der Waals surface area contributed by atoms with Crippen molar-refractivity contribution in [1.82, 2.24) is 9.62 Å². The summed E-state index contributed by atoms with van der Waals surface area (Å²) in [6.45, 7) is 4.44. The molecule has 146 valence electrons. The van der Waals surface area contributed by atoms with Crippen LogP contribution in [0, 0.1) is 0 Å². The molecule has 2 aromatic carbocycles. The van der Waals surface area contributed by atoms with Crippen molar-refractivity contribution in [2.75, 3.05) is 20.2 Å². The van der Waals surface area contributed by atoms with Gasteiger partial charge in [0.25, 0.3) is 5.91 Å². The van der Waals surface area contributed by atoms with Gasteiger partial charge in [-0.15, -0.1) is 0 Å². The number of nitrogens with one attached hydrogen (secondary N) is 1. The Labute approximate surface area is 165 Å². The van der Waals surface area contributed by atoms with E-state index in [1.807, 2.05) is 18.2 Å². The molecular formula is C19H23ClN2O4S. The summed E-state index contributed by atoms with van der Waals surface area (Å²) in [6.07, 6.45) is 0. The maximum absolute atomic E-state index is 12.7. The van der Waals surface area contributed by atoms with E-state index in [2.05, 4.69) is 5.32 Å². The number of para-hydroxylation sites is 1. The maximum Gasteiger partial charge on any atom is 0.253 e. The van der Waals surface area contributed by atoms with Crippen molar-refractivity contribution in [3.05, 3.63) is 58.6 Å². The molecule has 0 heterocycles. The zero-order valence-corrected chi connectivity index (χ0v) is 17.1. The van der Waals surface area contributed by atoms with Gasteiger partial charge in [-0.1, -0.05) is 43.6 Å². The molecule has 0 bridgehead atoms. The summed E-state index contributed by atoms with van der Waals surface area (Å²) in [5, 5.41) is 2.94. The lowest BCUT2D eigenvalue weighted by Crippen LogP contribution is -2.31. The molecule has 27 heavy (non-hydrogen) atoms. The number of benzene rings is 2. The summed E-state index contributed by atoms with van der Waals surface area (Å²) >= 11 is 6.13. The lowest BCUT2D eigenvalue weighted by molar-refractivity contribution is 0.0950. The second-order valence-corrected chi connectivity index (χ2v) is 8.07. The third kappa shape index (κ3) is 4.80. The number of halogens is 1. The lowest BCUT2D eigenvalue weighted by atomic mass is 10.1. The monoisotopic (exact) mass is 410 g/mol. The van der Waals surface area contributed by atoms with E-state index in [-0.39, 0.29) is 22.0 Å². The van der Waals surface area contributed by atoms with Gasteiger partial charge in [-0.05, 0) is 24.3 Å². The van der Waals surface area contributed by atoms with Gasteiger partial charge in [-0.3, -0.25) is 4.79 Å². The van der Waals surface area contributed by atoms with Gasteiger partial charge in [0.1, 0.15) is 5.75 Å². The molecule has 0 aliphatic carbocycles. The highest BCUT2D eigenvalue weighted by Crippen LogP contribution is 2.23. The number of carbonyl (C=O) groups is 1. The molecule has 0 unspecified atom stereocenters. The van der Waals surface area contributed by atoms with E-state index in [0.717, 1.165) is 5.56 Å². The van der Waals surface area contributed by atoms with Crippen LogP contribution in [0.1, 0.15) is 29.8 Å². The van der Waals surface area contributed by atoms with Crippen LogP contribution in [0.15, 0.2) is 47.4 Å². The fourth-order valence-corrected chi connectivity index (χ4v) is 4.36. The molecule has 0 radical (unpaired) electrons. The van der Waals surface area contributed by atoms with Gasteiger partial charge in [0, 0.05) is 25.2 Å². The van der Waals surface area contributed by atoms with E-state index < -0.39 is 15.9 Å². The van der Waals surface area contributed by atoms with Crippen LogP contribution >= 0.6 is 11.6 Å². The zero-order valence-electron chi connectivity index (χ0n) is 15.5. The van der Waals surface area contributed by atoms with Crippen molar-refractivity contribution < 1.29 is 17.9 Å². The molecule has 0 fully saturated rings. The Balaban J connectivity index is 2.26. The summed E-state index contributed by atoms with van der Waals surface area (Å²) in [7, 11) is -2.12. The van der Waals surface area contributed by atoms with E-state index in [9.17, 15) is 13.2 Å². The second-order valence-electron chi connectivity index (χ2n) is 5.73. The van der Waals surface area contributed by atoms with Gasteiger partial charge in [-0.25, -0.2) is 8.42 Å². The van der Waals surface area contributed by atoms with Crippen LogP contribution in [0.3, 0.4) is 0 Å². The first-order valence-electron chi connectivity index (χ1n) is 8.54. The zero-order chi connectivity index (χ0) is 20.0. The first-order chi connectivity index (χ1) is 12.8. The molecule has 2 aromatic rings. The summed E-state index contributed by atoms with van der Waals surface area (Å²) in [5.74, 6) is 0.198. The number of carbonyl (C=O) groups excluding carboxylic acids is 1. The van der Waals surface area contributed by atoms with E-state index in [1.165, 1.54) is 22.5 Å². The smallest absolute Gasteiger partial charge is 0.253 e. The Hall–Kier alpha value is -2.09. The highest BCUT2D eigenvalue weighted by molar-refractivity contribution is 7.89. The molecular weight excluding hydrogens is 388 g/mol. The van der Waals surface area contributed by atoms with Crippen LogP contribution in [-0.4, -0.2) is 38.8 Å². The molecule has 0 aliphatic heterocycles. The lowest BCUT2D eigenvalue weighted by Gasteiger charge is -2.19. The van der Waals surface area contributed by atoms with Crippen molar-refractivity contribution in [3.63, 3.8) is 0 Å². The van der Waals surface area contributed by atoms with E-state index in [0.29, 0.717) is 18.8 Å². The minimum Gasteiger partial charge on any atom is -0.496 e. The predicted octanol–water partition coefficient (Wildman–Crippen LogP) is 3.31. The number of rotatable bonds is 8. The predicted molar refractivity (Wildman–Crippen MR) is 106 cm³/mol. The number of sulfonamides is 1. The van der Waals surface area contributed by atoms with Gasteiger partial charge in [0.2, 0.25) is 10.0 Å². The Morgan fingerprint density at radius 1 is 1.15 bits per heavy atom. The Bertz CT molecular complexity index is 912. The van der Waals surface area contributed by atoms with E-state index in [4.69, 9.17) is 16.3 Å². The molecule has 0 saturated heterocycles. The highest BCUT2D eigenvalue weighted by atomic mass is 35.5. The van der Waals surface area contributed by atoms with Crippen LogP contribution in [-0.2, 0) is 16.6 Å². The number of amides is 1. The summed E-state index contributed by atoms with van der Waals surface area (Å²) in [6, 6.07) is 11.5. The number of nitrogens with zero attached hydrogens (tertiary/aromatic N) is 1. The number of hydrogen-bond acceptors (Lipinski definition) is 4. The first kappa shape index (κ1) is 21.2. The van der Waals surface area contributed by atoms with Crippen LogP contribution in [0.2, 0.25) is 5.02 Å². The molecule has 6 nitrogen and oxygen atoms in total. The van der Waals surface area contributed by atoms with Crippen molar-refractivity contribution in [2.24, 2.45) is 0 Å². The average Bonchev–Trinajstić information content (AvgIpc) is 2.67. The Morgan fingerprint density at radius 2 is 1.81 bits per heavy atom. The van der Waals surface area contributed by atoms with Crippen LogP contribution in [0.4, 0.5) is 0 Å². The van der Waals surface area contributed by atoms with Crippen molar-refractivity contribution in [2.45, 2.75) is 25.3 Å². The average molecular weight is 411 g/mol. The van der Waals surface area contributed by atoms with Gasteiger partial charge < -0.3 is 10.1 Å². The molecule has 0 aromatic heterocycles. The minimum absolute atomic E-state index is 0.0399. The third-order valence-electron chi connectivity index (χ3n) is 4.16. The van der Waals surface area contributed by atoms with Crippen LogP contribution in [0.5, 0.6) is 5.75 Å². The molecule has 1 amide bonds.